The topological polar surface area (TPSA) is 49.4 Å². The maximum absolute atomic E-state index is 5.08. The van der Waals surface area contributed by atoms with Crippen molar-refractivity contribution in [1.29, 1.82) is 0 Å². The summed E-state index contributed by atoms with van der Waals surface area (Å²) in [5, 5.41) is 0. The van der Waals surface area contributed by atoms with Crippen LogP contribution >= 0.6 is 0 Å². The molecule has 0 saturated heterocycles. The lowest BCUT2D eigenvalue weighted by atomic mass is 9.70. The van der Waals surface area contributed by atoms with E-state index in [-0.39, 0.29) is 0 Å². The van der Waals surface area contributed by atoms with Crippen LogP contribution in [0.4, 0.5) is 22.7 Å². The summed E-state index contributed by atoms with van der Waals surface area (Å²) in [4.78, 5) is 20.1. The Hall–Kier alpha value is -6.52. The number of rotatable bonds is 8. The molecule has 0 N–H and O–H groups in total. The Morgan fingerprint density at radius 1 is 0.368 bits per heavy atom. The van der Waals surface area contributed by atoms with Crippen molar-refractivity contribution in [3.63, 3.8) is 0 Å². The van der Waals surface area contributed by atoms with Gasteiger partial charge in [0, 0.05) is 23.9 Å². The molecular formula is C53H48N4. The minimum atomic E-state index is -0.648. The number of nitrogens with zero attached hydrogens (tertiary/aromatic N) is 4. The zero-order valence-corrected chi connectivity index (χ0v) is 34.1. The van der Waals surface area contributed by atoms with E-state index in [2.05, 4.69) is 161 Å². The molecule has 4 heteroatoms. The van der Waals surface area contributed by atoms with Gasteiger partial charge in [-0.2, -0.15) is 0 Å². The van der Waals surface area contributed by atoms with Gasteiger partial charge < -0.3 is 0 Å². The predicted molar refractivity (Wildman–Crippen MR) is 246 cm³/mol. The van der Waals surface area contributed by atoms with Crippen LogP contribution in [0.5, 0.6) is 0 Å². The van der Waals surface area contributed by atoms with Gasteiger partial charge in [-0.25, -0.2) is 0 Å². The van der Waals surface area contributed by atoms with Crippen LogP contribution in [0.2, 0.25) is 0 Å². The van der Waals surface area contributed by atoms with E-state index in [1.807, 2.05) is 40.1 Å². The smallest absolute Gasteiger partial charge is 0.0728 e. The van der Waals surface area contributed by atoms with Gasteiger partial charge >= 0.3 is 0 Å². The van der Waals surface area contributed by atoms with E-state index in [4.69, 9.17) is 20.0 Å². The van der Waals surface area contributed by atoms with Crippen molar-refractivity contribution >= 4 is 58.8 Å². The first-order chi connectivity index (χ1) is 27.5. The van der Waals surface area contributed by atoms with E-state index >= 15 is 0 Å². The summed E-state index contributed by atoms with van der Waals surface area (Å²) in [5.41, 5.74) is 21.7. The molecule has 6 aromatic rings. The summed E-state index contributed by atoms with van der Waals surface area (Å²) in [7, 11) is 0. The van der Waals surface area contributed by atoms with Crippen LogP contribution in [0.1, 0.15) is 99.9 Å². The van der Waals surface area contributed by atoms with Crippen molar-refractivity contribution in [2.45, 2.75) is 60.8 Å². The first kappa shape index (κ1) is 37.4. The lowest BCUT2D eigenvalue weighted by Gasteiger charge is -2.31. The zero-order valence-electron chi connectivity index (χ0n) is 34.1. The fourth-order valence-electron chi connectivity index (χ4n) is 8.32. The highest BCUT2D eigenvalue weighted by Gasteiger charge is 2.52. The lowest BCUT2D eigenvalue weighted by Crippen LogP contribution is -2.25. The molecule has 8 rings (SSSR count). The van der Waals surface area contributed by atoms with Gasteiger partial charge in [0.15, 0.2) is 0 Å². The standard InChI is InChI=1S/C53H48N4/c1-33(2)25-37-9-13-39(14-10-37)31-54-41-17-21-45-47-23-19-43(56-35(5)6)29-51(47)53(49(45)27-41)50-28-42(55-32-40-15-11-38(12-16-40)26-34(3)4)18-22-46(50)48-24-20-44(30-52(48)53)57-36(7)8/h9-32H,1-8H3. The van der Waals surface area contributed by atoms with Gasteiger partial charge in [0.05, 0.1) is 28.2 Å². The van der Waals surface area contributed by atoms with Gasteiger partial charge in [-0.05, 0) is 171 Å². The number of hydrogen-bond donors (Lipinski definition) is 0. The molecule has 0 unspecified atom stereocenters. The first-order valence-electron chi connectivity index (χ1n) is 19.7. The quantitative estimate of drug-likeness (QED) is 0.139. The Balaban J connectivity index is 1.33. The molecule has 0 heterocycles. The SMILES string of the molecule is CC(C)=Cc1ccc(C=Nc2ccc3c(c2)C2(c4cc(N=Cc5ccc(C=C(C)C)cc5)ccc4-c4ccc(N=C(C)C)cc42)c2cc(N=C(C)C)ccc2-3)cc1. The van der Waals surface area contributed by atoms with E-state index < -0.39 is 5.41 Å². The van der Waals surface area contributed by atoms with Crippen molar-refractivity contribution in [1.82, 2.24) is 0 Å². The molecule has 6 aromatic carbocycles. The third kappa shape index (κ3) is 7.32. The van der Waals surface area contributed by atoms with Gasteiger partial charge in [0.2, 0.25) is 0 Å². The Morgan fingerprint density at radius 2 is 0.667 bits per heavy atom. The number of allylic oxidation sites excluding steroid dienone is 2. The highest BCUT2D eigenvalue weighted by molar-refractivity contribution is 5.98. The van der Waals surface area contributed by atoms with E-state index in [1.54, 1.807) is 0 Å². The molecular weight excluding hydrogens is 693 g/mol. The highest BCUT2D eigenvalue weighted by atomic mass is 14.8. The lowest BCUT2D eigenvalue weighted by molar-refractivity contribution is 0.794. The van der Waals surface area contributed by atoms with Gasteiger partial charge in [-0.3, -0.25) is 20.0 Å². The van der Waals surface area contributed by atoms with E-state index in [9.17, 15) is 0 Å². The normalized spacial score (nSPS) is 14.6. The van der Waals surface area contributed by atoms with Crippen molar-refractivity contribution in [2.75, 3.05) is 0 Å². The second kappa shape index (κ2) is 15.2. The van der Waals surface area contributed by atoms with Crippen LogP contribution in [0.3, 0.4) is 0 Å². The van der Waals surface area contributed by atoms with Crippen molar-refractivity contribution in [2.24, 2.45) is 20.0 Å². The van der Waals surface area contributed by atoms with Crippen LogP contribution in [-0.2, 0) is 5.41 Å². The largest absolute Gasteiger partial charge is 0.258 e. The molecule has 1 spiro atoms. The van der Waals surface area contributed by atoms with Crippen LogP contribution in [-0.4, -0.2) is 23.9 Å². The average molecular weight is 741 g/mol. The van der Waals surface area contributed by atoms with E-state index in [0.717, 1.165) is 45.3 Å². The zero-order chi connectivity index (χ0) is 39.8. The Labute approximate surface area is 337 Å². The monoisotopic (exact) mass is 740 g/mol. The molecule has 4 nitrogen and oxygen atoms in total. The molecule has 0 bridgehead atoms. The summed E-state index contributed by atoms with van der Waals surface area (Å²) < 4.78 is 0. The highest BCUT2D eigenvalue weighted by Crippen LogP contribution is 2.64. The minimum Gasteiger partial charge on any atom is -0.258 e. The number of aliphatic imine (C=N–C) groups is 4. The Kier molecular flexibility index (Phi) is 9.97. The number of hydrogen-bond acceptors (Lipinski definition) is 4. The Bertz CT molecular complexity index is 2530. The third-order valence-corrected chi connectivity index (χ3v) is 10.4. The molecule has 0 fully saturated rings. The predicted octanol–water partition coefficient (Wildman–Crippen LogP) is 14.6. The van der Waals surface area contributed by atoms with Crippen LogP contribution in [0, 0.1) is 0 Å². The molecule has 0 aromatic heterocycles. The van der Waals surface area contributed by atoms with Gasteiger partial charge in [-0.15, -0.1) is 0 Å². The summed E-state index contributed by atoms with van der Waals surface area (Å²) >= 11 is 0. The molecule has 2 aliphatic carbocycles. The van der Waals surface area contributed by atoms with Crippen molar-refractivity contribution < 1.29 is 0 Å². The molecule has 0 radical (unpaired) electrons. The summed E-state index contributed by atoms with van der Waals surface area (Å²) in [6, 6.07) is 43.8. The second-order valence-electron chi connectivity index (χ2n) is 16.1. The minimum absolute atomic E-state index is 0.648. The molecule has 0 saturated carbocycles. The Morgan fingerprint density at radius 3 is 0.982 bits per heavy atom. The van der Waals surface area contributed by atoms with Crippen LogP contribution < -0.4 is 0 Å². The summed E-state index contributed by atoms with van der Waals surface area (Å²) in [5.74, 6) is 0. The molecule has 2 aliphatic rings. The number of benzene rings is 6. The molecule has 57 heavy (non-hydrogen) atoms. The fourth-order valence-corrected chi connectivity index (χ4v) is 8.32. The molecule has 0 aliphatic heterocycles. The second-order valence-corrected chi connectivity index (χ2v) is 16.1. The number of fused-ring (bicyclic) bond motifs is 10. The van der Waals surface area contributed by atoms with Gasteiger partial charge in [-0.1, -0.05) is 96.1 Å². The molecule has 280 valence electrons. The maximum Gasteiger partial charge on any atom is 0.0728 e. The summed E-state index contributed by atoms with van der Waals surface area (Å²) in [6.45, 7) is 16.7. The fraction of sp³-hybridized carbons (Fsp3) is 0.170. The average Bonchev–Trinajstić information content (AvgIpc) is 3.62. The van der Waals surface area contributed by atoms with Crippen LogP contribution in [0.15, 0.2) is 152 Å². The molecule has 0 atom stereocenters. The summed E-state index contributed by atoms with van der Waals surface area (Å²) in [6.07, 6.45) is 8.30. The van der Waals surface area contributed by atoms with Crippen molar-refractivity contribution in [3.8, 4) is 22.3 Å². The van der Waals surface area contributed by atoms with Crippen molar-refractivity contribution in [3.05, 3.63) is 177 Å². The third-order valence-electron chi connectivity index (χ3n) is 10.4. The first-order valence-corrected chi connectivity index (χ1v) is 19.7. The van der Waals surface area contributed by atoms with E-state index in [1.165, 1.54) is 66.8 Å². The maximum atomic E-state index is 5.08. The molecule has 0 amide bonds. The van der Waals surface area contributed by atoms with Gasteiger partial charge in [0.25, 0.3) is 0 Å². The van der Waals surface area contributed by atoms with Gasteiger partial charge in [0.1, 0.15) is 0 Å². The van der Waals surface area contributed by atoms with Crippen LogP contribution in [0.25, 0.3) is 34.4 Å². The van der Waals surface area contributed by atoms with E-state index in [0.29, 0.717) is 0 Å².